The van der Waals surface area contributed by atoms with Crippen molar-refractivity contribution in [3.8, 4) is 10.6 Å². The Morgan fingerprint density at radius 1 is 1.21 bits per heavy atom. The molecule has 3 rings (SSSR count). The minimum atomic E-state index is -3.72. The van der Waals surface area contributed by atoms with Crippen LogP contribution >= 0.6 is 11.3 Å². The summed E-state index contributed by atoms with van der Waals surface area (Å²) >= 11 is 1.13. The number of aromatic nitrogens is 2. The monoisotopic (exact) mass is 360 g/mol. The molecule has 0 radical (unpaired) electrons. The molecule has 6 nitrogen and oxygen atoms in total. The number of aliphatic carboxylic acids is 1. The lowest BCUT2D eigenvalue weighted by Crippen LogP contribution is -2.08. The maximum Gasteiger partial charge on any atom is 0.328 e. The molecule has 3 aromatic rings. The van der Waals surface area contributed by atoms with Gasteiger partial charge in [0.05, 0.1) is 10.6 Å². The maximum atomic E-state index is 12.6. The van der Waals surface area contributed by atoms with Gasteiger partial charge in [0.2, 0.25) is 0 Å². The Morgan fingerprint density at radius 2 is 2.04 bits per heavy atom. The molecular formula is C16H12N2O4S2. The molecule has 0 aromatic carbocycles. The average molecular weight is 360 g/mol. The van der Waals surface area contributed by atoms with Crippen molar-refractivity contribution >= 4 is 33.4 Å². The molecule has 1 N–H and O–H groups in total. The first-order chi connectivity index (χ1) is 11.5. The lowest BCUT2D eigenvalue weighted by Gasteiger charge is -2.02. The van der Waals surface area contributed by atoms with Crippen LogP contribution in [0, 0.1) is 0 Å². The standard InChI is InChI=1S/C16H12N2O4S2/c19-15(20)6-4-12-8-10-18(11-12)24(21,22)16-7-5-14(23-16)13-3-1-2-9-17-13/h1-11H,(H,19,20)/b6-4+. The Labute approximate surface area is 142 Å². The molecule has 0 saturated carbocycles. The van der Waals surface area contributed by atoms with Crippen LogP contribution in [0.2, 0.25) is 0 Å². The first-order valence-electron chi connectivity index (χ1n) is 6.82. The lowest BCUT2D eigenvalue weighted by atomic mass is 10.3. The van der Waals surface area contributed by atoms with E-state index in [0.29, 0.717) is 11.3 Å². The number of carbonyl (C=O) groups is 1. The molecule has 0 bridgehead atoms. The highest BCUT2D eigenvalue weighted by Gasteiger charge is 2.19. The van der Waals surface area contributed by atoms with Gasteiger partial charge in [0.1, 0.15) is 4.21 Å². The van der Waals surface area contributed by atoms with E-state index in [2.05, 4.69) is 4.98 Å². The van der Waals surface area contributed by atoms with Gasteiger partial charge >= 0.3 is 5.97 Å². The van der Waals surface area contributed by atoms with Crippen molar-refractivity contribution in [3.05, 3.63) is 66.6 Å². The van der Waals surface area contributed by atoms with Gasteiger partial charge in [-0.3, -0.25) is 4.98 Å². The predicted octanol–water partition coefficient (Wildman–Crippen LogP) is 2.95. The lowest BCUT2D eigenvalue weighted by molar-refractivity contribution is -0.131. The normalized spacial score (nSPS) is 11.8. The minimum Gasteiger partial charge on any atom is -0.478 e. The van der Waals surface area contributed by atoms with Gasteiger partial charge < -0.3 is 5.11 Å². The van der Waals surface area contributed by atoms with Crippen LogP contribution in [0.3, 0.4) is 0 Å². The summed E-state index contributed by atoms with van der Waals surface area (Å²) in [5.74, 6) is -1.09. The molecule has 0 aliphatic heterocycles. The Kier molecular flexibility index (Phi) is 4.32. The second kappa shape index (κ2) is 6.42. The first-order valence-corrected chi connectivity index (χ1v) is 9.08. The third-order valence-corrected chi connectivity index (χ3v) is 6.35. The summed E-state index contributed by atoms with van der Waals surface area (Å²) < 4.78 is 26.5. The fourth-order valence-corrected chi connectivity index (χ4v) is 4.61. The topological polar surface area (TPSA) is 89.3 Å². The molecule has 0 aliphatic carbocycles. The van der Waals surface area contributed by atoms with E-state index < -0.39 is 16.0 Å². The summed E-state index contributed by atoms with van der Waals surface area (Å²) in [7, 11) is -3.72. The molecule has 3 aromatic heterocycles. The number of hydrogen-bond acceptors (Lipinski definition) is 5. The summed E-state index contributed by atoms with van der Waals surface area (Å²) in [6, 6.07) is 10.2. The molecule has 24 heavy (non-hydrogen) atoms. The van der Waals surface area contributed by atoms with E-state index in [-0.39, 0.29) is 4.21 Å². The number of hydrogen-bond donors (Lipinski definition) is 1. The molecule has 0 atom stereocenters. The van der Waals surface area contributed by atoms with Crippen LogP contribution in [0.1, 0.15) is 5.56 Å². The highest BCUT2D eigenvalue weighted by Crippen LogP contribution is 2.30. The third-order valence-electron chi connectivity index (χ3n) is 3.14. The highest BCUT2D eigenvalue weighted by molar-refractivity contribution is 7.92. The number of carboxylic acid groups (broad SMARTS) is 1. The third kappa shape index (κ3) is 3.29. The van der Waals surface area contributed by atoms with E-state index in [1.165, 1.54) is 30.6 Å². The van der Waals surface area contributed by atoms with E-state index in [1.54, 1.807) is 18.3 Å². The van der Waals surface area contributed by atoms with E-state index in [9.17, 15) is 13.2 Å². The zero-order chi connectivity index (χ0) is 17.2. The zero-order valence-corrected chi connectivity index (χ0v) is 13.9. The maximum absolute atomic E-state index is 12.6. The Hall–Kier alpha value is -2.71. The number of thiophene rings is 1. The smallest absolute Gasteiger partial charge is 0.328 e. The summed E-state index contributed by atoms with van der Waals surface area (Å²) in [4.78, 5) is 15.5. The van der Waals surface area contributed by atoms with Crippen molar-refractivity contribution in [2.24, 2.45) is 0 Å². The van der Waals surface area contributed by atoms with E-state index in [1.807, 2.05) is 12.1 Å². The number of pyridine rings is 1. The van der Waals surface area contributed by atoms with Crippen LogP contribution in [0.15, 0.2) is 65.3 Å². The second-order valence-electron chi connectivity index (χ2n) is 4.79. The molecule has 0 saturated heterocycles. The van der Waals surface area contributed by atoms with Gasteiger partial charge in [0.25, 0.3) is 10.0 Å². The Balaban J connectivity index is 1.92. The number of nitrogens with zero attached hydrogens (tertiary/aromatic N) is 2. The first kappa shape index (κ1) is 16.2. The summed E-state index contributed by atoms with van der Waals surface area (Å²) in [5, 5.41) is 8.61. The van der Waals surface area contributed by atoms with Gasteiger partial charge in [0, 0.05) is 24.7 Å². The quantitative estimate of drug-likeness (QED) is 0.707. The van der Waals surface area contributed by atoms with Crippen LogP contribution in [0.25, 0.3) is 16.6 Å². The van der Waals surface area contributed by atoms with Gasteiger partial charge in [-0.05, 0) is 42.0 Å². The van der Waals surface area contributed by atoms with E-state index in [0.717, 1.165) is 26.3 Å². The molecule has 0 spiro atoms. The molecule has 0 unspecified atom stereocenters. The van der Waals surface area contributed by atoms with Crippen LogP contribution in [-0.2, 0) is 14.8 Å². The van der Waals surface area contributed by atoms with Gasteiger partial charge in [0.15, 0.2) is 0 Å². The van der Waals surface area contributed by atoms with Crippen molar-refractivity contribution in [2.75, 3.05) is 0 Å². The fraction of sp³-hybridized carbons (Fsp3) is 0. The van der Waals surface area contributed by atoms with Crippen molar-refractivity contribution in [1.29, 1.82) is 0 Å². The molecule has 3 heterocycles. The van der Waals surface area contributed by atoms with Gasteiger partial charge in [-0.15, -0.1) is 11.3 Å². The van der Waals surface area contributed by atoms with Crippen LogP contribution in [0.5, 0.6) is 0 Å². The van der Waals surface area contributed by atoms with Crippen LogP contribution < -0.4 is 0 Å². The van der Waals surface area contributed by atoms with Crippen LogP contribution in [0.4, 0.5) is 0 Å². The Bertz CT molecular complexity index is 1000. The largest absolute Gasteiger partial charge is 0.478 e. The molecule has 0 fully saturated rings. The minimum absolute atomic E-state index is 0.188. The van der Waals surface area contributed by atoms with E-state index in [4.69, 9.17) is 5.11 Å². The SMILES string of the molecule is O=C(O)/C=C/c1ccn(S(=O)(=O)c2ccc(-c3ccccn3)s2)c1. The fourth-order valence-electron chi connectivity index (χ4n) is 2.02. The van der Waals surface area contributed by atoms with Crippen molar-refractivity contribution in [2.45, 2.75) is 4.21 Å². The molecule has 0 aliphatic rings. The predicted molar refractivity (Wildman–Crippen MR) is 91.2 cm³/mol. The zero-order valence-electron chi connectivity index (χ0n) is 12.2. The van der Waals surface area contributed by atoms with Crippen molar-refractivity contribution in [1.82, 2.24) is 8.96 Å². The van der Waals surface area contributed by atoms with E-state index >= 15 is 0 Å². The molecule has 0 amide bonds. The molecule has 8 heteroatoms. The summed E-state index contributed by atoms with van der Waals surface area (Å²) in [6.07, 6.45) is 6.70. The van der Waals surface area contributed by atoms with Crippen LogP contribution in [-0.4, -0.2) is 28.5 Å². The number of carboxylic acids is 1. The molecular weight excluding hydrogens is 348 g/mol. The summed E-state index contributed by atoms with van der Waals surface area (Å²) in [5.41, 5.74) is 1.20. The van der Waals surface area contributed by atoms with Crippen molar-refractivity contribution in [3.63, 3.8) is 0 Å². The van der Waals surface area contributed by atoms with Crippen molar-refractivity contribution < 1.29 is 18.3 Å². The van der Waals surface area contributed by atoms with Gasteiger partial charge in [-0.1, -0.05) is 6.07 Å². The Morgan fingerprint density at radius 3 is 2.75 bits per heavy atom. The van der Waals surface area contributed by atoms with Gasteiger partial charge in [-0.2, -0.15) is 8.42 Å². The highest BCUT2D eigenvalue weighted by atomic mass is 32.2. The molecule has 122 valence electrons. The average Bonchev–Trinajstić information content (AvgIpc) is 3.24. The number of rotatable bonds is 5. The second-order valence-corrected chi connectivity index (χ2v) is 7.94. The van der Waals surface area contributed by atoms with Gasteiger partial charge in [-0.25, -0.2) is 8.77 Å². The summed E-state index contributed by atoms with van der Waals surface area (Å²) in [6.45, 7) is 0.